The molecule has 4 aliphatic rings. The zero-order valence-electron chi connectivity index (χ0n) is 19.8. The summed E-state index contributed by atoms with van der Waals surface area (Å²) in [5, 5.41) is 31.7. The molecule has 0 radical (unpaired) electrons. The molecule has 1 unspecified atom stereocenters. The highest BCUT2D eigenvalue weighted by Crippen LogP contribution is 2.66. The number of carboxylic acids is 1. The van der Waals surface area contributed by atoms with Crippen molar-refractivity contribution in [2.24, 2.45) is 22.7 Å². The molecule has 5 rings (SSSR count). The van der Waals surface area contributed by atoms with E-state index < -0.39 is 51.2 Å². The molecular weight excluding hydrogens is 458 g/mol. The molecule has 1 amide bonds. The van der Waals surface area contributed by atoms with Gasteiger partial charge in [-0.05, 0) is 49.8 Å². The highest BCUT2D eigenvalue weighted by atomic mass is 16.7. The van der Waals surface area contributed by atoms with Crippen molar-refractivity contribution in [1.82, 2.24) is 0 Å². The monoisotopic (exact) mass is 487 g/mol. The topological polar surface area (TPSA) is 159 Å². The maximum absolute atomic E-state index is 13.2. The molecule has 1 spiro atoms. The van der Waals surface area contributed by atoms with E-state index >= 15 is 0 Å². The van der Waals surface area contributed by atoms with Gasteiger partial charge in [-0.2, -0.15) is 0 Å². The van der Waals surface area contributed by atoms with Crippen LogP contribution >= 0.6 is 0 Å². The molecule has 0 heterocycles. The maximum Gasteiger partial charge on any atom is 0.339 e. The van der Waals surface area contributed by atoms with Gasteiger partial charge in [-0.3, -0.25) is 14.4 Å². The second-order valence-electron chi connectivity index (χ2n) is 9.78. The Kier molecular flexibility index (Phi) is 6.01. The molecule has 3 fully saturated rings. The number of benzene rings is 1. The standard InChI is InChI=1S/C25H29NO9/c1-23(9-8-18(29)26-19-15(27)5-4-14(20(19)30)22(32)33)16-12-13-6-10-24(16,11-7-17(23)28)25(34-2,35-3)21(13)31/h4-5,7,11,13,16,27,30H,6,8-10,12H2,1-3H3,(H,26,29)(H,32,33)/t13-,16?,23-,24-/m0/s1. The first-order valence-corrected chi connectivity index (χ1v) is 11.4. The number of hydrogen-bond donors (Lipinski definition) is 4. The number of rotatable bonds is 7. The van der Waals surface area contributed by atoms with E-state index in [2.05, 4.69) is 5.32 Å². The third-order valence-corrected chi connectivity index (χ3v) is 8.32. The molecule has 1 aromatic rings. The third-order valence-electron chi connectivity index (χ3n) is 8.32. The Balaban J connectivity index is 1.60. The number of hydrogen-bond acceptors (Lipinski definition) is 8. The van der Waals surface area contributed by atoms with Crippen molar-refractivity contribution in [2.75, 3.05) is 19.5 Å². The smallest absolute Gasteiger partial charge is 0.339 e. The van der Waals surface area contributed by atoms with Crippen LogP contribution in [0.1, 0.15) is 49.4 Å². The second kappa shape index (κ2) is 8.46. The van der Waals surface area contributed by atoms with Gasteiger partial charge in [-0.1, -0.05) is 13.0 Å². The molecule has 35 heavy (non-hydrogen) atoms. The predicted molar refractivity (Wildman–Crippen MR) is 122 cm³/mol. The van der Waals surface area contributed by atoms with Gasteiger partial charge < -0.3 is 30.1 Å². The van der Waals surface area contributed by atoms with Gasteiger partial charge in [-0.25, -0.2) is 4.79 Å². The number of ether oxygens (including phenoxy) is 2. The van der Waals surface area contributed by atoms with Gasteiger partial charge in [-0.15, -0.1) is 0 Å². The largest absolute Gasteiger partial charge is 0.506 e. The predicted octanol–water partition coefficient (Wildman–Crippen LogP) is 2.63. The quantitative estimate of drug-likeness (QED) is 0.335. The minimum Gasteiger partial charge on any atom is -0.506 e. The van der Waals surface area contributed by atoms with Crippen LogP contribution in [0.15, 0.2) is 24.3 Å². The van der Waals surface area contributed by atoms with Crippen molar-refractivity contribution >= 4 is 29.1 Å². The number of Topliss-reactive ketones (excluding diaryl/α,β-unsaturated/α-hetero) is 1. The van der Waals surface area contributed by atoms with E-state index in [9.17, 15) is 34.5 Å². The average Bonchev–Trinajstić information content (AvgIpc) is 2.83. The van der Waals surface area contributed by atoms with Crippen LogP contribution in [0, 0.1) is 22.7 Å². The Morgan fingerprint density at radius 1 is 1.17 bits per heavy atom. The summed E-state index contributed by atoms with van der Waals surface area (Å²) in [4.78, 5) is 50.4. The normalized spacial score (nSPS) is 30.7. The number of anilines is 1. The molecule has 4 aliphatic carbocycles. The Morgan fingerprint density at radius 3 is 2.49 bits per heavy atom. The number of aromatic hydroxyl groups is 2. The Labute approximate surface area is 201 Å². The number of fused-ring (bicyclic) bond motifs is 2. The van der Waals surface area contributed by atoms with E-state index in [-0.39, 0.29) is 36.2 Å². The fraction of sp³-hybridized carbons (Fsp3) is 0.520. The number of aromatic carboxylic acids is 1. The Hall–Kier alpha value is -3.24. The maximum atomic E-state index is 13.2. The highest BCUT2D eigenvalue weighted by Gasteiger charge is 2.72. The zero-order chi connectivity index (χ0) is 25.8. The summed E-state index contributed by atoms with van der Waals surface area (Å²) in [7, 11) is 2.85. The minimum absolute atomic E-state index is 0.124. The summed E-state index contributed by atoms with van der Waals surface area (Å²) in [6.45, 7) is 1.78. The first kappa shape index (κ1) is 24.9. The van der Waals surface area contributed by atoms with E-state index in [0.29, 0.717) is 19.3 Å². The van der Waals surface area contributed by atoms with E-state index in [1.165, 1.54) is 20.3 Å². The number of phenols is 2. The van der Waals surface area contributed by atoms with Crippen molar-refractivity contribution in [3.8, 4) is 11.5 Å². The van der Waals surface area contributed by atoms with Gasteiger partial charge >= 0.3 is 5.97 Å². The summed E-state index contributed by atoms with van der Waals surface area (Å²) in [5.74, 6) is -5.72. The number of carbonyl (C=O) groups is 4. The average molecular weight is 488 g/mol. The molecule has 0 saturated heterocycles. The molecule has 2 bridgehead atoms. The van der Waals surface area contributed by atoms with Crippen molar-refractivity contribution in [1.29, 1.82) is 0 Å². The molecule has 0 aliphatic heterocycles. The van der Waals surface area contributed by atoms with E-state index in [1.54, 1.807) is 13.0 Å². The van der Waals surface area contributed by atoms with E-state index in [0.717, 1.165) is 12.1 Å². The van der Waals surface area contributed by atoms with Gasteiger partial charge in [0.25, 0.3) is 0 Å². The minimum atomic E-state index is -1.51. The molecular formula is C25H29NO9. The SMILES string of the molecule is COC1(OC)C(=O)[C@H]2CC[C@@]13C=CC(=O)[C@@](C)(CCC(=O)Nc1c(O)ccc(C(=O)O)c1O)C3C2. The van der Waals surface area contributed by atoms with Crippen LogP contribution in [-0.2, 0) is 23.9 Å². The third kappa shape index (κ3) is 3.38. The van der Waals surface area contributed by atoms with Gasteiger partial charge in [0.1, 0.15) is 17.0 Å². The van der Waals surface area contributed by atoms with Crippen LogP contribution in [0.5, 0.6) is 11.5 Å². The van der Waals surface area contributed by atoms with E-state index in [4.69, 9.17) is 9.47 Å². The lowest BCUT2D eigenvalue weighted by Gasteiger charge is -2.63. The van der Waals surface area contributed by atoms with Crippen molar-refractivity contribution in [3.63, 3.8) is 0 Å². The second-order valence-corrected chi connectivity index (χ2v) is 9.78. The first-order chi connectivity index (χ1) is 16.5. The van der Waals surface area contributed by atoms with Crippen LogP contribution in [0.4, 0.5) is 5.69 Å². The molecule has 10 nitrogen and oxygen atoms in total. The van der Waals surface area contributed by atoms with Crippen LogP contribution in [-0.4, -0.2) is 58.8 Å². The van der Waals surface area contributed by atoms with Crippen LogP contribution < -0.4 is 5.32 Å². The van der Waals surface area contributed by atoms with Gasteiger partial charge in [0.15, 0.2) is 17.3 Å². The number of amides is 1. The van der Waals surface area contributed by atoms with Crippen molar-refractivity contribution in [2.45, 2.75) is 44.8 Å². The summed E-state index contributed by atoms with van der Waals surface area (Å²) >= 11 is 0. The molecule has 188 valence electrons. The summed E-state index contributed by atoms with van der Waals surface area (Å²) in [6, 6.07) is 2.08. The van der Waals surface area contributed by atoms with Gasteiger partial charge in [0.2, 0.25) is 11.7 Å². The van der Waals surface area contributed by atoms with Gasteiger partial charge in [0, 0.05) is 32.0 Å². The Morgan fingerprint density at radius 2 is 1.86 bits per heavy atom. The number of ketones is 2. The highest BCUT2D eigenvalue weighted by molar-refractivity contribution is 6.01. The first-order valence-electron chi connectivity index (χ1n) is 11.4. The van der Waals surface area contributed by atoms with E-state index in [1.807, 2.05) is 0 Å². The Bertz CT molecular complexity index is 1140. The number of carbonyl (C=O) groups excluding carboxylic acids is 3. The molecule has 10 heteroatoms. The fourth-order valence-corrected chi connectivity index (χ4v) is 6.47. The number of methoxy groups -OCH3 is 2. The van der Waals surface area contributed by atoms with Crippen molar-refractivity contribution in [3.05, 3.63) is 29.8 Å². The lowest BCUT2D eigenvalue weighted by atomic mass is 9.42. The molecule has 3 saturated carbocycles. The lowest BCUT2D eigenvalue weighted by molar-refractivity contribution is -0.295. The summed E-state index contributed by atoms with van der Waals surface area (Å²) in [5.41, 5.74) is -2.74. The molecule has 1 aromatic carbocycles. The summed E-state index contributed by atoms with van der Waals surface area (Å²) < 4.78 is 11.4. The number of phenolic OH excluding ortho intramolecular Hbond substituents is 1. The number of carboxylic acid groups (broad SMARTS) is 1. The lowest BCUT2D eigenvalue weighted by Crippen LogP contribution is -2.71. The molecule has 4 N–H and O–H groups in total. The number of allylic oxidation sites excluding steroid dienone is 1. The fourth-order valence-electron chi connectivity index (χ4n) is 6.47. The summed E-state index contributed by atoms with van der Waals surface area (Å²) in [6.07, 6.45) is 4.92. The van der Waals surface area contributed by atoms with Crippen LogP contribution in [0.3, 0.4) is 0 Å². The van der Waals surface area contributed by atoms with Crippen LogP contribution in [0.25, 0.3) is 0 Å². The van der Waals surface area contributed by atoms with Gasteiger partial charge in [0.05, 0.1) is 5.41 Å². The zero-order valence-corrected chi connectivity index (χ0v) is 19.8. The van der Waals surface area contributed by atoms with Crippen LogP contribution in [0.2, 0.25) is 0 Å². The van der Waals surface area contributed by atoms with Crippen molar-refractivity contribution < 1.29 is 44.0 Å². The molecule has 0 aromatic heterocycles. The number of nitrogens with one attached hydrogen (secondary N) is 1. The molecule has 4 atom stereocenters.